The molecule has 1 aliphatic heterocycles. The van der Waals surface area contributed by atoms with Crippen LogP contribution in [0.25, 0.3) is 22.3 Å². The highest BCUT2D eigenvalue weighted by Gasteiger charge is 2.31. The van der Waals surface area contributed by atoms with Gasteiger partial charge in [0.25, 0.3) is 12.0 Å². The van der Waals surface area contributed by atoms with Crippen LogP contribution in [0.15, 0.2) is 16.9 Å². The molecule has 0 radical (unpaired) electrons. The van der Waals surface area contributed by atoms with Crippen LogP contribution in [0.3, 0.4) is 0 Å². The Morgan fingerprint density at radius 1 is 1.24 bits per heavy atom. The fourth-order valence-electron chi connectivity index (χ4n) is 5.61. The van der Waals surface area contributed by atoms with Gasteiger partial charge in [0.15, 0.2) is 8.38 Å². The van der Waals surface area contributed by atoms with Crippen molar-refractivity contribution in [3.05, 3.63) is 61.4 Å². The Hall–Kier alpha value is -2.60. The lowest BCUT2D eigenvalue weighted by atomic mass is 9.83. The second-order valence-electron chi connectivity index (χ2n) is 9.34. The molecule has 2 aromatic heterocycles. The van der Waals surface area contributed by atoms with Crippen molar-refractivity contribution >= 4 is 25.8 Å². The molecule has 1 aliphatic carbocycles. The molecule has 8 heteroatoms. The van der Waals surface area contributed by atoms with E-state index in [0.717, 1.165) is 47.3 Å². The summed E-state index contributed by atoms with van der Waals surface area (Å²) in [6.45, 7) is 7.01. The average molecular weight is 481 g/mol. The third kappa shape index (κ3) is 3.58. The Labute approximate surface area is 199 Å². The second kappa shape index (κ2) is 8.88. The van der Waals surface area contributed by atoms with Gasteiger partial charge in [-0.2, -0.15) is 0 Å². The van der Waals surface area contributed by atoms with Crippen LogP contribution in [0, 0.1) is 13.8 Å². The standard InChI is InChI=1S/C26H29N2O5P/c1-14-8-22-24-17(16(14)3)6-5-7-18(24)20-10-28-23(25(20)27-22)9-19(15(2)12-34(31)32-4)21(26(28)30)11-33-13-29/h8-9,13,15,31H,5-7,10-12H2,1-4H3. The van der Waals surface area contributed by atoms with Gasteiger partial charge in [-0.25, -0.2) is 4.98 Å². The van der Waals surface area contributed by atoms with Crippen LogP contribution in [0.1, 0.15) is 58.2 Å². The molecule has 5 rings (SSSR count). The molecule has 0 spiro atoms. The number of fused-ring (bicyclic) bond motifs is 4. The average Bonchev–Trinajstić information content (AvgIpc) is 3.20. The predicted molar refractivity (Wildman–Crippen MR) is 132 cm³/mol. The lowest BCUT2D eigenvalue weighted by molar-refractivity contribution is -0.129. The van der Waals surface area contributed by atoms with Gasteiger partial charge in [0.05, 0.1) is 29.0 Å². The summed E-state index contributed by atoms with van der Waals surface area (Å²) < 4.78 is 11.9. The van der Waals surface area contributed by atoms with Crippen LogP contribution in [0.5, 0.6) is 0 Å². The fourth-order valence-corrected chi connectivity index (χ4v) is 6.43. The highest BCUT2D eigenvalue weighted by molar-refractivity contribution is 7.46. The Balaban J connectivity index is 1.74. The number of benzene rings is 1. The first-order chi connectivity index (χ1) is 16.3. The molecule has 7 nitrogen and oxygen atoms in total. The van der Waals surface area contributed by atoms with Gasteiger partial charge in [0, 0.05) is 24.2 Å². The van der Waals surface area contributed by atoms with E-state index in [1.165, 1.54) is 34.7 Å². The first kappa shape index (κ1) is 23.2. The molecule has 178 valence electrons. The summed E-state index contributed by atoms with van der Waals surface area (Å²) >= 11 is 0. The second-order valence-corrected chi connectivity index (χ2v) is 10.8. The Bertz CT molecular complexity index is 1380. The van der Waals surface area contributed by atoms with E-state index in [9.17, 15) is 14.5 Å². The molecule has 0 amide bonds. The van der Waals surface area contributed by atoms with E-state index in [4.69, 9.17) is 14.2 Å². The van der Waals surface area contributed by atoms with Crippen molar-refractivity contribution in [1.82, 2.24) is 9.55 Å². The van der Waals surface area contributed by atoms with E-state index in [-0.39, 0.29) is 18.1 Å². The molecule has 0 saturated carbocycles. The number of ether oxygens (including phenoxy) is 1. The van der Waals surface area contributed by atoms with E-state index in [1.807, 2.05) is 13.0 Å². The predicted octanol–water partition coefficient (Wildman–Crippen LogP) is 4.26. The quantitative estimate of drug-likeness (QED) is 0.314. The van der Waals surface area contributed by atoms with Crippen LogP contribution < -0.4 is 5.56 Å². The number of carbonyl (C=O) groups is 1. The van der Waals surface area contributed by atoms with Crippen molar-refractivity contribution in [2.75, 3.05) is 13.3 Å². The molecule has 2 atom stereocenters. The minimum absolute atomic E-state index is 0.0975. The molecule has 1 aromatic carbocycles. The SMILES string of the molecule is COP(O)CC(C)c1cc2n(c(=O)c1COC=O)Cc1c-2nc2cc(C)c(C)c3c2c1CCC3. The third-order valence-electron chi connectivity index (χ3n) is 7.45. The molecule has 0 bridgehead atoms. The summed E-state index contributed by atoms with van der Waals surface area (Å²) in [6.07, 6.45) is 3.51. The molecular weight excluding hydrogens is 451 g/mol. The van der Waals surface area contributed by atoms with Crippen LogP contribution in [-0.4, -0.2) is 34.2 Å². The number of aromatic nitrogens is 2. The minimum atomic E-state index is -1.60. The lowest BCUT2D eigenvalue weighted by Crippen LogP contribution is -2.26. The molecule has 3 heterocycles. The first-order valence-corrected chi connectivity index (χ1v) is 13.0. The highest BCUT2D eigenvalue weighted by atomic mass is 31.2. The first-order valence-electron chi connectivity index (χ1n) is 11.6. The molecule has 3 aromatic rings. The van der Waals surface area contributed by atoms with Gasteiger partial charge < -0.3 is 18.7 Å². The van der Waals surface area contributed by atoms with Gasteiger partial charge in [-0.3, -0.25) is 9.59 Å². The zero-order chi connectivity index (χ0) is 24.1. The zero-order valence-electron chi connectivity index (χ0n) is 20.0. The van der Waals surface area contributed by atoms with Crippen molar-refractivity contribution in [1.29, 1.82) is 0 Å². The van der Waals surface area contributed by atoms with Gasteiger partial charge >= 0.3 is 0 Å². The fraction of sp³-hybridized carbons (Fsp3) is 0.423. The Morgan fingerprint density at radius 3 is 2.74 bits per heavy atom. The number of hydrogen-bond donors (Lipinski definition) is 1. The van der Waals surface area contributed by atoms with Crippen molar-refractivity contribution in [3.63, 3.8) is 0 Å². The maximum Gasteiger partial charge on any atom is 0.293 e. The van der Waals surface area contributed by atoms with Crippen LogP contribution in [0.2, 0.25) is 0 Å². The molecule has 34 heavy (non-hydrogen) atoms. The summed E-state index contributed by atoms with van der Waals surface area (Å²) in [5, 5.41) is 1.26. The van der Waals surface area contributed by atoms with Crippen molar-refractivity contribution in [2.45, 2.75) is 59.1 Å². The largest absolute Gasteiger partial charge is 0.463 e. The van der Waals surface area contributed by atoms with Crippen molar-refractivity contribution < 1.29 is 18.9 Å². The van der Waals surface area contributed by atoms with Gasteiger partial charge in [0.1, 0.15) is 6.61 Å². The third-order valence-corrected chi connectivity index (χ3v) is 8.74. The van der Waals surface area contributed by atoms with Crippen molar-refractivity contribution in [2.24, 2.45) is 0 Å². The number of pyridine rings is 2. The van der Waals surface area contributed by atoms with E-state index < -0.39 is 8.38 Å². The monoisotopic (exact) mass is 480 g/mol. The van der Waals surface area contributed by atoms with Crippen LogP contribution in [0.4, 0.5) is 0 Å². The number of carbonyl (C=O) groups excluding carboxylic acids is 1. The summed E-state index contributed by atoms with van der Waals surface area (Å²) in [4.78, 5) is 39.8. The Morgan fingerprint density at radius 2 is 2.00 bits per heavy atom. The van der Waals surface area contributed by atoms with Gasteiger partial charge in [0.2, 0.25) is 0 Å². The maximum absolute atomic E-state index is 13.6. The zero-order valence-corrected chi connectivity index (χ0v) is 20.9. The maximum atomic E-state index is 13.6. The summed E-state index contributed by atoms with van der Waals surface area (Å²) in [6, 6.07) is 4.16. The van der Waals surface area contributed by atoms with E-state index in [1.54, 1.807) is 4.57 Å². The minimum Gasteiger partial charge on any atom is -0.463 e. The number of rotatable bonds is 7. The Kier molecular flexibility index (Phi) is 6.05. The molecule has 1 N–H and O–H groups in total. The molecule has 0 fully saturated rings. The molecule has 2 unspecified atom stereocenters. The van der Waals surface area contributed by atoms with Crippen LogP contribution in [-0.2, 0) is 40.0 Å². The molecule has 0 saturated heterocycles. The highest BCUT2D eigenvalue weighted by Crippen LogP contribution is 2.43. The smallest absolute Gasteiger partial charge is 0.293 e. The van der Waals surface area contributed by atoms with E-state index in [0.29, 0.717) is 24.7 Å². The van der Waals surface area contributed by atoms with Gasteiger partial charge in [-0.05, 0) is 79.0 Å². The number of aryl methyl sites for hydroxylation is 3. The lowest BCUT2D eigenvalue weighted by Gasteiger charge is -2.22. The number of hydrogen-bond acceptors (Lipinski definition) is 6. The molecule has 2 aliphatic rings. The summed E-state index contributed by atoms with van der Waals surface area (Å²) in [5.41, 5.74) is 10.1. The van der Waals surface area contributed by atoms with E-state index >= 15 is 0 Å². The summed E-state index contributed by atoms with van der Waals surface area (Å²) in [5.74, 6) is -0.153. The van der Waals surface area contributed by atoms with Gasteiger partial charge in [-0.15, -0.1) is 0 Å². The topological polar surface area (TPSA) is 90.6 Å². The normalized spacial score (nSPS) is 15.7. The molecular formula is C26H29N2O5P. The van der Waals surface area contributed by atoms with Crippen LogP contribution >= 0.6 is 8.38 Å². The van der Waals surface area contributed by atoms with Crippen molar-refractivity contribution in [3.8, 4) is 11.4 Å². The summed E-state index contributed by atoms with van der Waals surface area (Å²) in [7, 11) is -0.130. The van der Waals surface area contributed by atoms with E-state index in [2.05, 4.69) is 19.9 Å². The number of nitrogens with zero attached hydrogens (tertiary/aromatic N) is 2. The van der Waals surface area contributed by atoms with Gasteiger partial charge in [-0.1, -0.05) is 6.92 Å².